The van der Waals surface area contributed by atoms with Gasteiger partial charge >= 0.3 is 6.09 Å². The third-order valence-electron chi connectivity index (χ3n) is 2.74. The number of benzene rings is 1. The van der Waals surface area contributed by atoms with Crippen molar-refractivity contribution in [2.24, 2.45) is 0 Å². The first-order valence-corrected chi connectivity index (χ1v) is 6.59. The Balaban J connectivity index is 1.96. The monoisotopic (exact) mass is 296 g/mol. The topological polar surface area (TPSA) is 60.0 Å². The molecule has 0 saturated carbocycles. The summed E-state index contributed by atoms with van der Waals surface area (Å²) in [6.07, 6.45) is -0.375. The number of thiocarbonyl (C=S) groups is 1. The van der Waals surface area contributed by atoms with Crippen LogP contribution in [-0.2, 0) is 9.47 Å². The lowest BCUT2D eigenvalue weighted by Gasteiger charge is -2.25. The van der Waals surface area contributed by atoms with Gasteiger partial charge in [0.2, 0.25) is 0 Å². The van der Waals surface area contributed by atoms with Gasteiger partial charge in [0.1, 0.15) is 5.75 Å². The zero-order valence-electron chi connectivity index (χ0n) is 11.1. The van der Waals surface area contributed by atoms with Crippen LogP contribution in [0.25, 0.3) is 0 Å². The Kier molecular flexibility index (Phi) is 5.14. The van der Waals surface area contributed by atoms with Gasteiger partial charge < -0.3 is 24.4 Å². The molecule has 20 heavy (non-hydrogen) atoms. The maximum atomic E-state index is 11.9. The van der Waals surface area contributed by atoms with Gasteiger partial charge in [-0.15, -0.1) is 0 Å². The number of carbonyl (C=O) groups is 1. The second-order valence-corrected chi connectivity index (χ2v) is 4.48. The lowest BCUT2D eigenvalue weighted by molar-refractivity contribution is 0.0416. The Hall–Kier alpha value is -1.86. The Morgan fingerprint density at radius 2 is 2.15 bits per heavy atom. The number of carbonyl (C=O) groups excluding carboxylic acids is 1. The largest absolute Gasteiger partial charge is 0.474 e. The zero-order valence-corrected chi connectivity index (χ0v) is 11.9. The molecule has 1 saturated heterocycles. The summed E-state index contributed by atoms with van der Waals surface area (Å²) in [5, 5.41) is 3.12. The van der Waals surface area contributed by atoms with Gasteiger partial charge in [0.05, 0.1) is 20.3 Å². The van der Waals surface area contributed by atoms with Gasteiger partial charge in [0.15, 0.2) is 0 Å². The Morgan fingerprint density at radius 1 is 1.40 bits per heavy atom. The number of rotatable bonds is 2. The number of morpholine rings is 1. The molecule has 1 aromatic rings. The summed E-state index contributed by atoms with van der Waals surface area (Å²) < 4.78 is 15.4. The number of nitrogens with zero attached hydrogens (tertiary/aromatic N) is 1. The van der Waals surface area contributed by atoms with Crippen molar-refractivity contribution in [3.8, 4) is 5.75 Å². The summed E-state index contributed by atoms with van der Waals surface area (Å²) >= 11 is 4.91. The smallest absolute Gasteiger partial charge is 0.415 e. The molecule has 0 radical (unpaired) electrons. The molecule has 0 atom stereocenters. The highest BCUT2D eigenvalue weighted by Crippen LogP contribution is 2.18. The van der Waals surface area contributed by atoms with Crippen molar-refractivity contribution in [2.75, 3.05) is 38.7 Å². The maximum Gasteiger partial charge on any atom is 0.415 e. The van der Waals surface area contributed by atoms with E-state index in [9.17, 15) is 4.79 Å². The second-order valence-electron chi connectivity index (χ2n) is 4.11. The van der Waals surface area contributed by atoms with Crippen LogP contribution in [0.3, 0.4) is 0 Å². The summed E-state index contributed by atoms with van der Waals surface area (Å²) in [5.41, 5.74) is 0.698. The van der Waals surface area contributed by atoms with Gasteiger partial charge in [-0.05, 0) is 24.4 Å². The Morgan fingerprint density at radius 3 is 2.85 bits per heavy atom. The van der Waals surface area contributed by atoms with Crippen LogP contribution in [0.2, 0.25) is 0 Å². The fourth-order valence-electron chi connectivity index (χ4n) is 1.72. The van der Waals surface area contributed by atoms with E-state index in [0.717, 1.165) is 0 Å². The highest BCUT2D eigenvalue weighted by Gasteiger charge is 2.18. The molecule has 7 heteroatoms. The minimum atomic E-state index is -0.375. The van der Waals surface area contributed by atoms with Gasteiger partial charge in [0, 0.05) is 24.8 Å². The molecule has 0 bridgehead atoms. The molecule has 0 aromatic heterocycles. The molecule has 6 nitrogen and oxygen atoms in total. The number of hydrogen-bond donors (Lipinski definition) is 1. The zero-order chi connectivity index (χ0) is 14.4. The molecule has 1 heterocycles. The molecular weight excluding hydrogens is 280 g/mol. The quantitative estimate of drug-likeness (QED) is 0.841. The van der Waals surface area contributed by atoms with Crippen molar-refractivity contribution >= 4 is 29.2 Å². The molecule has 1 N–H and O–H groups in total. The predicted octanol–water partition coefficient (Wildman–Crippen LogP) is 1.86. The van der Waals surface area contributed by atoms with Gasteiger partial charge in [-0.25, -0.2) is 4.79 Å². The number of amides is 1. The number of ether oxygens (including phenoxy) is 3. The molecule has 1 aliphatic rings. The number of hydrogen-bond acceptors (Lipinski definition) is 5. The molecule has 1 aliphatic heterocycles. The lowest BCUT2D eigenvalue weighted by Crippen LogP contribution is -2.42. The molecule has 1 amide bonds. The van der Waals surface area contributed by atoms with Crippen molar-refractivity contribution in [2.45, 2.75) is 0 Å². The molecule has 1 aromatic carbocycles. The normalized spacial score (nSPS) is 14.6. The van der Waals surface area contributed by atoms with Crippen LogP contribution >= 0.6 is 12.2 Å². The average Bonchev–Trinajstić information content (AvgIpc) is 2.48. The fourth-order valence-corrected chi connectivity index (χ4v) is 1.84. The fraction of sp³-hybridized carbons (Fsp3) is 0.385. The van der Waals surface area contributed by atoms with E-state index < -0.39 is 0 Å². The maximum absolute atomic E-state index is 11.9. The van der Waals surface area contributed by atoms with Crippen LogP contribution in [0.4, 0.5) is 10.5 Å². The van der Waals surface area contributed by atoms with Gasteiger partial charge in [0.25, 0.3) is 5.17 Å². The Labute approximate surface area is 122 Å². The molecule has 0 unspecified atom stereocenters. The van der Waals surface area contributed by atoms with Gasteiger partial charge in [-0.1, -0.05) is 6.07 Å². The van der Waals surface area contributed by atoms with Gasteiger partial charge in [-0.2, -0.15) is 0 Å². The molecule has 1 fully saturated rings. The van der Waals surface area contributed by atoms with E-state index in [-0.39, 0.29) is 11.3 Å². The molecule has 2 rings (SSSR count). The third kappa shape index (κ3) is 4.07. The number of methoxy groups -OCH3 is 1. The summed E-state index contributed by atoms with van der Waals surface area (Å²) in [4.78, 5) is 13.5. The summed E-state index contributed by atoms with van der Waals surface area (Å²) in [6, 6.07) is 6.96. The lowest BCUT2D eigenvalue weighted by atomic mass is 10.3. The van der Waals surface area contributed by atoms with Crippen molar-refractivity contribution < 1.29 is 19.0 Å². The van der Waals surface area contributed by atoms with Crippen LogP contribution in [0.15, 0.2) is 24.3 Å². The minimum absolute atomic E-state index is 0.252. The Bertz CT molecular complexity index is 489. The van der Waals surface area contributed by atoms with E-state index in [1.807, 2.05) is 0 Å². The summed E-state index contributed by atoms with van der Waals surface area (Å²) in [7, 11) is 1.48. The standard InChI is InChI=1S/C13H16N2O4S/c1-17-12(20)14-10-3-2-4-11(9-10)19-13(16)15-5-7-18-8-6-15/h2-4,9H,5-8H2,1H3,(H,14,20). The molecule has 0 spiro atoms. The van der Waals surface area contributed by atoms with Crippen molar-refractivity contribution in [1.82, 2.24) is 4.90 Å². The van der Waals surface area contributed by atoms with Crippen LogP contribution in [0, 0.1) is 0 Å². The van der Waals surface area contributed by atoms with E-state index in [0.29, 0.717) is 37.7 Å². The van der Waals surface area contributed by atoms with Crippen molar-refractivity contribution in [1.29, 1.82) is 0 Å². The molecule has 108 valence electrons. The molecule has 0 aliphatic carbocycles. The first-order valence-electron chi connectivity index (χ1n) is 6.18. The van der Waals surface area contributed by atoms with Crippen LogP contribution in [-0.4, -0.2) is 49.6 Å². The predicted molar refractivity (Wildman–Crippen MR) is 78.1 cm³/mol. The number of anilines is 1. The number of nitrogens with one attached hydrogen (secondary N) is 1. The highest BCUT2D eigenvalue weighted by atomic mass is 32.1. The van der Waals surface area contributed by atoms with E-state index in [1.165, 1.54) is 7.11 Å². The van der Waals surface area contributed by atoms with E-state index in [1.54, 1.807) is 29.2 Å². The first kappa shape index (κ1) is 14.5. The summed E-state index contributed by atoms with van der Waals surface area (Å²) in [5.74, 6) is 0.449. The SMILES string of the molecule is COC(=S)Nc1cccc(OC(=O)N2CCOCC2)c1. The van der Waals surface area contributed by atoms with Crippen molar-refractivity contribution in [3.05, 3.63) is 24.3 Å². The molecular formula is C13H16N2O4S. The van der Waals surface area contributed by atoms with E-state index in [2.05, 4.69) is 5.32 Å². The minimum Gasteiger partial charge on any atom is -0.474 e. The van der Waals surface area contributed by atoms with Gasteiger partial charge in [-0.3, -0.25) is 0 Å². The second kappa shape index (κ2) is 7.06. The van der Waals surface area contributed by atoms with Crippen LogP contribution in [0.5, 0.6) is 5.75 Å². The van der Waals surface area contributed by atoms with Crippen LogP contribution < -0.4 is 10.1 Å². The van der Waals surface area contributed by atoms with E-state index in [4.69, 9.17) is 26.4 Å². The first-order chi connectivity index (χ1) is 9.69. The van der Waals surface area contributed by atoms with E-state index >= 15 is 0 Å². The highest BCUT2D eigenvalue weighted by molar-refractivity contribution is 7.80. The average molecular weight is 296 g/mol. The van der Waals surface area contributed by atoms with Crippen LogP contribution in [0.1, 0.15) is 0 Å². The van der Waals surface area contributed by atoms with Crippen molar-refractivity contribution in [3.63, 3.8) is 0 Å². The summed E-state index contributed by atoms with van der Waals surface area (Å²) in [6.45, 7) is 2.17. The third-order valence-corrected chi connectivity index (χ3v) is 3.01.